The molecule has 0 atom stereocenters. The first-order valence-corrected chi connectivity index (χ1v) is 10.3. The highest BCUT2D eigenvalue weighted by Gasteiger charge is 2.14. The Hall–Kier alpha value is -4.85. The summed E-state index contributed by atoms with van der Waals surface area (Å²) in [6.07, 6.45) is 1.39. The minimum absolute atomic E-state index is 0.0929. The maximum atomic E-state index is 12.7. The number of rotatable bonds is 6. The average molecular weight is 453 g/mol. The van der Waals surface area contributed by atoms with Gasteiger partial charge in [-0.1, -0.05) is 54.1 Å². The van der Waals surface area contributed by atoms with E-state index in [-0.39, 0.29) is 17.0 Å². The molecule has 0 spiro atoms. The number of ether oxygens (including phenoxy) is 1. The van der Waals surface area contributed by atoms with E-state index in [2.05, 4.69) is 10.5 Å². The first-order chi connectivity index (χ1) is 16.4. The van der Waals surface area contributed by atoms with Crippen LogP contribution in [-0.2, 0) is 0 Å². The first-order valence-electron chi connectivity index (χ1n) is 10.3. The van der Waals surface area contributed by atoms with Crippen LogP contribution in [0.3, 0.4) is 0 Å². The van der Waals surface area contributed by atoms with Crippen molar-refractivity contribution in [3.05, 3.63) is 117 Å². The van der Waals surface area contributed by atoms with Crippen LogP contribution in [-0.4, -0.2) is 23.0 Å². The summed E-state index contributed by atoms with van der Waals surface area (Å²) < 4.78 is 5.66. The number of esters is 1. The molecule has 0 aromatic heterocycles. The Morgan fingerprint density at radius 3 is 2.50 bits per heavy atom. The van der Waals surface area contributed by atoms with Gasteiger partial charge in [0.2, 0.25) is 0 Å². The van der Waals surface area contributed by atoms with Crippen molar-refractivity contribution < 1.29 is 19.2 Å². The molecular weight excluding hydrogens is 434 g/mol. The summed E-state index contributed by atoms with van der Waals surface area (Å²) in [4.78, 5) is 35.5. The average Bonchev–Trinajstić information content (AvgIpc) is 2.85. The van der Waals surface area contributed by atoms with Gasteiger partial charge in [0.25, 0.3) is 11.6 Å². The summed E-state index contributed by atoms with van der Waals surface area (Å²) in [5.74, 6) is -0.855. The molecule has 8 nitrogen and oxygen atoms in total. The van der Waals surface area contributed by atoms with Gasteiger partial charge >= 0.3 is 5.97 Å². The largest absolute Gasteiger partial charge is 0.422 e. The molecule has 4 rings (SSSR count). The number of non-ortho nitro benzene ring substituents is 1. The van der Waals surface area contributed by atoms with Crippen LogP contribution < -0.4 is 10.2 Å². The molecule has 168 valence electrons. The number of carbonyl (C=O) groups excluding carboxylic acids is 2. The number of nitro benzene ring substituents is 1. The van der Waals surface area contributed by atoms with Crippen molar-refractivity contribution in [3.63, 3.8) is 0 Å². The topological polar surface area (TPSA) is 111 Å². The number of nitrogens with zero attached hydrogens (tertiary/aromatic N) is 2. The van der Waals surface area contributed by atoms with Crippen LogP contribution in [0.1, 0.15) is 31.8 Å². The van der Waals surface area contributed by atoms with Crippen LogP contribution in [0, 0.1) is 17.0 Å². The SMILES string of the molecule is Cc1cccc(C(=O)Oc2ccc3ccccc3c2/C=N\NC(=O)c2cccc([N+](=O)[O-])c2)c1. The van der Waals surface area contributed by atoms with Crippen LogP contribution in [0.2, 0.25) is 0 Å². The lowest BCUT2D eigenvalue weighted by molar-refractivity contribution is -0.384. The summed E-state index contributed by atoms with van der Waals surface area (Å²) in [5, 5.41) is 16.6. The molecule has 8 heteroatoms. The molecule has 0 radical (unpaired) electrons. The van der Waals surface area contributed by atoms with Gasteiger partial charge in [0, 0.05) is 23.3 Å². The monoisotopic (exact) mass is 453 g/mol. The second-order valence-electron chi connectivity index (χ2n) is 7.46. The minimum Gasteiger partial charge on any atom is -0.422 e. The van der Waals surface area contributed by atoms with Gasteiger partial charge in [-0.3, -0.25) is 14.9 Å². The molecule has 4 aromatic carbocycles. The van der Waals surface area contributed by atoms with E-state index in [1.54, 1.807) is 24.3 Å². The third-order valence-electron chi connectivity index (χ3n) is 5.07. The molecule has 0 heterocycles. The molecule has 0 bridgehead atoms. The van der Waals surface area contributed by atoms with Gasteiger partial charge in [0.15, 0.2) is 0 Å². The molecule has 0 unspecified atom stereocenters. The van der Waals surface area contributed by atoms with E-state index >= 15 is 0 Å². The zero-order chi connectivity index (χ0) is 24.1. The van der Waals surface area contributed by atoms with Crippen LogP contribution in [0.25, 0.3) is 10.8 Å². The quantitative estimate of drug-likeness (QED) is 0.145. The number of fused-ring (bicyclic) bond motifs is 1. The van der Waals surface area contributed by atoms with Crippen molar-refractivity contribution in [2.75, 3.05) is 0 Å². The van der Waals surface area contributed by atoms with E-state index in [4.69, 9.17) is 4.74 Å². The van der Waals surface area contributed by atoms with E-state index in [0.717, 1.165) is 22.4 Å². The lowest BCUT2D eigenvalue weighted by Crippen LogP contribution is -2.18. The second-order valence-corrected chi connectivity index (χ2v) is 7.46. The number of amides is 1. The Bertz CT molecular complexity index is 1450. The highest BCUT2D eigenvalue weighted by atomic mass is 16.6. The number of aryl methyl sites for hydroxylation is 1. The Morgan fingerprint density at radius 2 is 1.71 bits per heavy atom. The van der Waals surface area contributed by atoms with Crippen molar-refractivity contribution in [1.82, 2.24) is 5.43 Å². The van der Waals surface area contributed by atoms with Gasteiger partial charge in [-0.05, 0) is 42.0 Å². The van der Waals surface area contributed by atoms with E-state index in [1.165, 1.54) is 24.4 Å². The van der Waals surface area contributed by atoms with Gasteiger partial charge in [0.1, 0.15) is 5.75 Å². The van der Waals surface area contributed by atoms with Gasteiger partial charge in [-0.25, -0.2) is 10.2 Å². The fraction of sp³-hybridized carbons (Fsp3) is 0.0385. The smallest absolute Gasteiger partial charge is 0.343 e. The zero-order valence-corrected chi connectivity index (χ0v) is 18.1. The summed E-state index contributed by atoms with van der Waals surface area (Å²) in [6, 6.07) is 23.4. The van der Waals surface area contributed by atoms with E-state index in [1.807, 2.05) is 43.3 Å². The van der Waals surface area contributed by atoms with Crippen molar-refractivity contribution in [1.29, 1.82) is 0 Å². The van der Waals surface area contributed by atoms with Gasteiger partial charge < -0.3 is 4.74 Å². The molecule has 34 heavy (non-hydrogen) atoms. The summed E-state index contributed by atoms with van der Waals surface area (Å²) in [7, 11) is 0. The third-order valence-corrected chi connectivity index (χ3v) is 5.07. The highest BCUT2D eigenvalue weighted by molar-refractivity contribution is 6.04. The van der Waals surface area contributed by atoms with Gasteiger partial charge in [-0.2, -0.15) is 5.10 Å². The number of hydrogen-bond acceptors (Lipinski definition) is 6. The second kappa shape index (κ2) is 9.74. The van der Waals surface area contributed by atoms with E-state index < -0.39 is 16.8 Å². The number of benzene rings is 4. The molecule has 4 aromatic rings. The predicted molar refractivity (Wildman–Crippen MR) is 128 cm³/mol. The van der Waals surface area contributed by atoms with Crippen molar-refractivity contribution in [2.45, 2.75) is 6.92 Å². The highest BCUT2D eigenvalue weighted by Crippen LogP contribution is 2.27. The van der Waals surface area contributed by atoms with Gasteiger partial charge in [0.05, 0.1) is 16.7 Å². The molecule has 0 fully saturated rings. The number of carbonyl (C=O) groups is 2. The molecule has 1 amide bonds. The van der Waals surface area contributed by atoms with E-state index in [9.17, 15) is 19.7 Å². The lowest BCUT2D eigenvalue weighted by atomic mass is 10.0. The molecule has 1 N–H and O–H groups in total. The third kappa shape index (κ3) is 4.97. The fourth-order valence-electron chi connectivity index (χ4n) is 3.41. The maximum Gasteiger partial charge on any atom is 0.343 e. The minimum atomic E-state index is -0.613. The zero-order valence-electron chi connectivity index (χ0n) is 18.1. The van der Waals surface area contributed by atoms with Crippen molar-refractivity contribution >= 4 is 34.6 Å². The van der Waals surface area contributed by atoms with Gasteiger partial charge in [-0.15, -0.1) is 0 Å². The van der Waals surface area contributed by atoms with Crippen molar-refractivity contribution in [3.8, 4) is 5.75 Å². The summed E-state index contributed by atoms with van der Waals surface area (Å²) in [5.41, 5.74) is 4.10. The maximum absolute atomic E-state index is 12.7. The Balaban J connectivity index is 1.62. The van der Waals surface area contributed by atoms with Crippen LogP contribution >= 0.6 is 0 Å². The van der Waals surface area contributed by atoms with Crippen molar-refractivity contribution in [2.24, 2.45) is 5.10 Å². The summed E-state index contributed by atoms with van der Waals surface area (Å²) in [6.45, 7) is 1.88. The molecule has 0 aliphatic rings. The standard InChI is InChI=1S/C26H19N3O5/c1-17-6-4-9-20(14-17)26(31)34-24-13-12-18-7-2-3-11-22(18)23(24)16-27-28-25(30)19-8-5-10-21(15-19)29(32)33/h2-16H,1H3,(H,28,30)/b27-16-. The lowest BCUT2D eigenvalue weighted by Gasteiger charge is -2.11. The Labute approximate surface area is 194 Å². The van der Waals surface area contributed by atoms with E-state index in [0.29, 0.717) is 11.1 Å². The number of hydrazone groups is 1. The number of nitro groups is 1. The fourth-order valence-corrected chi connectivity index (χ4v) is 3.41. The number of nitrogens with one attached hydrogen (secondary N) is 1. The number of hydrogen-bond donors (Lipinski definition) is 1. The molecule has 0 aliphatic carbocycles. The molecular formula is C26H19N3O5. The van der Waals surface area contributed by atoms with Crippen LogP contribution in [0.5, 0.6) is 5.75 Å². The first kappa shape index (κ1) is 22.3. The molecule has 0 aliphatic heterocycles. The molecule has 0 saturated heterocycles. The van der Waals surface area contributed by atoms with Crippen LogP contribution in [0.4, 0.5) is 5.69 Å². The normalized spacial score (nSPS) is 10.9. The predicted octanol–water partition coefficient (Wildman–Crippen LogP) is 5.04. The molecule has 0 saturated carbocycles. The Morgan fingerprint density at radius 1 is 0.941 bits per heavy atom. The van der Waals surface area contributed by atoms with Crippen LogP contribution in [0.15, 0.2) is 90.0 Å². The Kier molecular flexibility index (Phi) is 6.40. The summed E-state index contributed by atoms with van der Waals surface area (Å²) >= 11 is 0.